The maximum Gasteiger partial charge on any atom is 0.250 e. The van der Waals surface area contributed by atoms with Crippen molar-refractivity contribution in [2.75, 3.05) is 12.4 Å². The molecule has 4 atom stereocenters. The van der Waals surface area contributed by atoms with Gasteiger partial charge in [-0.25, -0.2) is 0 Å². The quantitative estimate of drug-likeness (QED) is 0.550. The van der Waals surface area contributed by atoms with Crippen LogP contribution in [0.3, 0.4) is 0 Å². The third kappa shape index (κ3) is 2.96. The second kappa shape index (κ2) is 7.95. The number of nitrogens with two attached hydrogens (primary N) is 1. The van der Waals surface area contributed by atoms with Crippen LogP contribution in [0.25, 0.3) is 0 Å². The average molecular weight is 463 g/mol. The average Bonchev–Trinajstić information content (AvgIpc) is 3.39. The lowest BCUT2D eigenvalue weighted by Gasteiger charge is -2.29. The van der Waals surface area contributed by atoms with Crippen LogP contribution in [0.15, 0.2) is 42.5 Å². The lowest BCUT2D eigenvalue weighted by atomic mass is 9.76. The first-order chi connectivity index (χ1) is 16.3. The van der Waals surface area contributed by atoms with Crippen molar-refractivity contribution < 1.29 is 23.9 Å². The highest BCUT2D eigenvalue weighted by atomic mass is 16.5. The summed E-state index contributed by atoms with van der Waals surface area (Å²) in [6.07, 6.45) is 0.520. The number of likely N-dealkylation sites (tertiary alicyclic amines) is 1. The van der Waals surface area contributed by atoms with Crippen molar-refractivity contribution in [3.05, 3.63) is 59.2 Å². The fourth-order valence-electron chi connectivity index (χ4n) is 5.80. The van der Waals surface area contributed by atoms with Crippen molar-refractivity contribution in [1.82, 2.24) is 10.2 Å². The molecule has 1 spiro atoms. The number of rotatable bonds is 6. The minimum Gasteiger partial charge on any atom is -0.496 e. The van der Waals surface area contributed by atoms with Gasteiger partial charge in [-0.2, -0.15) is 0 Å². The van der Waals surface area contributed by atoms with Crippen molar-refractivity contribution in [3.8, 4) is 5.75 Å². The molecular formula is C25H26N4O5. The minimum atomic E-state index is -1.45. The molecule has 0 aliphatic carbocycles. The Labute approximate surface area is 196 Å². The van der Waals surface area contributed by atoms with Crippen LogP contribution in [-0.4, -0.2) is 41.7 Å². The molecule has 0 saturated carbocycles. The van der Waals surface area contributed by atoms with Gasteiger partial charge < -0.3 is 15.8 Å². The molecule has 0 aromatic heterocycles. The second-order valence-corrected chi connectivity index (χ2v) is 8.95. The number of imide groups is 1. The van der Waals surface area contributed by atoms with E-state index in [0.717, 1.165) is 5.56 Å². The summed E-state index contributed by atoms with van der Waals surface area (Å²) in [5.41, 5.74) is 6.92. The van der Waals surface area contributed by atoms with Crippen LogP contribution in [0.5, 0.6) is 5.75 Å². The van der Waals surface area contributed by atoms with Crippen molar-refractivity contribution >= 4 is 29.3 Å². The smallest absolute Gasteiger partial charge is 0.250 e. The number of fused-ring (bicyclic) bond motifs is 4. The number of hydrogen-bond donors (Lipinski definition) is 3. The van der Waals surface area contributed by atoms with Crippen molar-refractivity contribution in [1.29, 1.82) is 0 Å². The highest BCUT2D eigenvalue weighted by Crippen LogP contribution is 2.54. The van der Waals surface area contributed by atoms with Gasteiger partial charge in [0.25, 0.3) is 0 Å². The first kappa shape index (κ1) is 22.1. The van der Waals surface area contributed by atoms with Gasteiger partial charge in [0, 0.05) is 29.3 Å². The number of nitrogens with zero attached hydrogens (tertiary/aromatic N) is 1. The minimum absolute atomic E-state index is 0.0114. The number of hydrogen-bond acceptors (Lipinski definition) is 6. The van der Waals surface area contributed by atoms with Crippen molar-refractivity contribution in [2.24, 2.45) is 17.6 Å². The first-order valence-corrected chi connectivity index (χ1v) is 11.3. The summed E-state index contributed by atoms with van der Waals surface area (Å²) in [7, 11) is 1.52. The molecule has 2 aromatic carbocycles. The maximum absolute atomic E-state index is 13.8. The van der Waals surface area contributed by atoms with Crippen LogP contribution in [-0.2, 0) is 37.7 Å². The summed E-state index contributed by atoms with van der Waals surface area (Å²) in [6.45, 7) is 1.99. The van der Waals surface area contributed by atoms with Crippen LogP contribution in [0.1, 0.15) is 30.0 Å². The monoisotopic (exact) mass is 462 g/mol. The molecule has 0 radical (unpaired) electrons. The predicted octanol–water partition coefficient (Wildman–Crippen LogP) is 1.05. The molecule has 2 aromatic rings. The van der Waals surface area contributed by atoms with E-state index in [4.69, 9.17) is 10.5 Å². The number of carbonyl (C=O) groups excluding carboxylic acids is 4. The van der Waals surface area contributed by atoms with Crippen molar-refractivity contribution in [3.63, 3.8) is 0 Å². The Balaban J connectivity index is 1.62. The van der Waals surface area contributed by atoms with E-state index in [1.807, 2.05) is 19.1 Å². The van der Waals surface area contributed by atoms with E-state index in [9.17, 15) is 19.2 Å². The highest BCUT2D eigenvalue weighted by molar-refractivity contribution is 6.15. The zero-order valence-electron chi connectivity index (χ0n) is 19.0. The van der Waals surface area contributed by atoms with Gasteiger partial charge in [0.1, 0.15) is 11.3 Å². The van der Waals surface area contributed by atoms with E-state index >= 15 is 0 Å². The summed E-state index contributed by atoms with van der Waals surface area (Å²) in [4.78, 5) is 54.0. The molecule has 9 heteroatoms. The lowest BCUT2D eigenvalue weighted by Crippen LogP contribution is -2.53. The standard InChI is InChI=1S/C25H26N4O5/c1-3-13-8-6-9-15-21(13)27-24(33)25(15)20-19(16(28-25)11-18(26)30)22(31)29(23(20)32)12-14-7-4-5-10-17(14)34-2/h4-10,16,19-20,28H,3,11-12H2,1-2H3,(H2,26,30)(H,27,33). The highest BCUT2D eigenvalue weighted by Gasteiger charge is 2.70. The van der Waals surface area contributed by atoms with E-state index in [1.54, 1.807) is 30.3 Å². The molecule has 0 bridgehead atoms. The third-order valence-corrected chi connectivity index (χ3v) is 7.25. The summed E-state index contributed by atoms with van der Waals surface area (Å²) in [5, 5.41) is 6.15. The van der Waals surface area contributed by atoms with Crippen LogP contribution in [0.4, 0.5) is 5.69 Å². The number of amides is 4. The van der Waals surface area contributed by atoms with E-state index in [0.29, 0.717) is 29.0 Å². The van der Waals surface area contributed by atoms with E-state index < -0.39 is 47.0 Å². The molecule has 3 aliphatic rings. The molecule has 3 aliphatic heterocycles. The molecule has 4 N–H and O–H groups in total. The molecule has 34 heavy (non-hydrogen) atoms. The molecule has 176 valence electrons. The molecule has 9 nitrogen and oxygen atoms in total. The van der Waals surface area contributed by atoms with Crippen LogP contribution >= 0.6 is 0 Å². The number of benzene rings is 2. The van der Waals surface area contributed by atoms with Gasteiger partial charge in [-0.15, -0.1) is 0 Å². The van der Waals surface area contributed by atoms with E-state index in [2.05, 4.69) is 10.6 Å². The molecule has 2 fully saturated rings. The zero-order chi connectivity index (χ0) is 24.2. The zero-order valence-corrected chi connectivity index (χ0v) is 19.0. The molecule has 3 heterocycles. The topological polar surface area (TPSA) is 131 Å². The number of primary amides is 1. The SMILES string of the molecule is CCc1cccc2c1NC(=O)C21NC(CC(N)=O)C2C(=O)N(Cc3ccccc3OC)C(=O)C21. The normalized spacial score (nSPS) is 27.2. The number of anilines is 1. The van der Waals surface area contributed by atoms with Crippen LogP contribution < -0.4 is 21.1 Å². The molecule has 2 saturated heterocycles. The number of para-hydroxylation sites is 2. The van der Waals surface area contributed by atoms with Gasteiger partial charge in [-0.05, 0) is 18.1 Å². The Hall–Kier alpha value is -3.72. The summed E-state index contributed by atoms with van der Waals surface area (Å²) >= 11 is 0. The summed E-state index contributed by atoms with van der Waals surface area (Å²) in [5.74, 6) is -3.22. The maximum atomic E-state index is 13.8. The summed E-state index contributed by atoms with van der Waals surface area (Å²) < 4.78 is 5.39. The fourth-order valence-corrected chi connectivity index (χ4v) is 5.80. The van der Waals surface area contributed by atoms with Gasteiger partial charge in [-0.3, -0.25) is 29.4 Å². The van der Waals surface area contributed by atoms with Gasteiger partial charge in [0.15, 0.2) is 0 Å². The van der Waals surface area contributed by atoms with Crippen LogP contribution in [0.2, 0.25) is 0 Å². The Morgan fingerprint density at radius 1 is 1.09 bits per heavy atom. The Kier molecular flexibility index (Phi) is 5.16. The third-order valence-electron chi connectivity index (χ3n) is 7.25. The van der Waals surface area contributed by atoms with E-state index in [-0.39, 0.29) is 13.0 Å². The van der Waals surface area contributed by atoms with Crippen LogP contribution in [0, 0.1) is 11.8 Å². The molecule has 4 unspecified atom stereocenters. The number of aryl methyl sites for hydroxylation is 1. The van der Waals surface area contributed by atoms with Gasteiger partial charge >= 0.3 is 0 Å². The van der Waals surface area contributed by atoms with Gasteiger partial charge in [-0.1, -0.05) is 43.3 Å². The Morgan fingerprint density at radius 3 is 2.53 bits per heavy atom. The first-order valence-electron chi connectivity index (χ1n) is 11.3. The number of methoxy groups -OCH3 is 1. The molecule has 5 rings (SSSR count). The van der Waals surface area contributed by atoms with Gasteiger partial charge in [0.2, 0.25) is 23.6 Å². The second-order valence-electron chi connectivity index (χ2n) is 8.95. The molecule has 4 amide bonds. The molecular weight excluding hydrogens is 436 g/mol. The number of nitrogens with one attached hydrogen (secondary N) is 2. The Morgan fingerprint density at radius 2 is 1.82 bits per heavy atom. The number of carbonyl (C=O) groups is 4. The fraction of sp³-hybridized carbons (Fsp3) is 0.360. The number of ether oxygens (including phenoxy) is 1. The largest absolute Gasteiger partial charge is 0.496 e. The van der Waals surface area contributed by atoms with Gasteiger partial charge in [0.05, 0.1) is 25.5 Å². The lowest BCUT2D eigenvalue weighted by molar-refractivity contribution is -0.143. The van der Waals surface area contributed by atoms with E-state index in [1.165, 1.54) is 12.0 Å². The summed E-state index contributed by atoms with van der Waals surface area (Å²) in [6, 6.07) is 12.0. The van der Waals surface area contributed by atoms with Crippen molar-refractivity contribution in [2.45, 2.75) is 37.9 Å². The predicted molar refractivity (Wildman–Crippen MR) is 122 cm³/mol. The Bertz CT molecular complexity index is 1230.